The smallest absolute Gasteiger partial charge is 0.163 e. The molecule has 0 aromatic carbocycles. The molecule has 1 aliphatic carbocycles. The van der Waals surface area contributed by atoms with Crippen LogP contribution in [0.4, 0.5) is 0 Å². The Balaban J connectivity index is 2.13. The van der Waals surface area contributed by atoms with Gasteiger partial charge in [-0.05, 0) is 38.0 Å². The second-order valence-electron chi connectivity index (χ2n) is 6.19. The maximum Gasteiger partial charge on any atom is 0.163 e. The monoisotopic (exact) mass is 198 g/mol. The molecule has 2 fully saturated rings. The van der Waals surface area contributed by atoms with Crippen molar-refractivity contribution < 1.29 is 9.47 Å². The van der Waals surface area contributed by atoms with Gasteiger partial charge in [-0.2, -0.15) is 0 Å². The molecule has 0 spiro atoms. The van der Waals surface area contributed by atoms with E-state index < -0.39 is 0 Å². The van der Waals surface area contributed by atoms with E-state index in [2.05, 4.69) is 20.8 Å². The number of hydrogen-bond acceptors (Lipinski definition) is 2. The van der Waals surface area contributed by atoms with E-state index in [1.807, 2.05) is 13.8 Å². The highest BCUT2D eigenvalue weighted by Crippen LogP contribution is 2.47. The van der Waals surface area contributed by atoms with Crippen molar-refractivity contribution in [2.24, 2.45) is 11.3 Å². The lowest BCUT2D eigenvalue weighted by Gasteiger charge is -2.31. The van der Waals surface area contributed by atoms with Gasteiger partial charge >= 0.3 is 0 Å². The summed E-state index contributed by atoms with van der Waals surface area (Å²) in [6.45, 7) is 10.9. The van der Waals surface area contributed by atoms with Crippen LogP contribution in [0.3, 0.4) is 0 Å². The first-order chi connectivity index (χ1) is 6.30. The lowest BCUT2D eigenvalue weighted by Crippen LogP contribution is -2.33. The average Bonchev–Trinajstić information content (AvgIpc) is 2.38. The van der Waals surface area contributed by atoms with Gasteiger partial charge in [-0.1, -0.05) is 20.8 Å². The second-order valence-corrected chi connectivity index (χ2v) is 6.19. The molecule has 2 aliphatic rings. The van der Waals surface area contributed by atoms with E-state index >= 15 is 0 Å². The summed E-state index contributed by atoms with van der Waals surface area (Å²) in [5.74, 6) is 0.286. The minimum Gasteiger partial charge on any atom is -0.345 e. The molecule has 2 rings (SSSR count). The first-order valence-corrected chi connectivity index (χ1v) is 5.65. The SMILES string of the molecule is CC1(C)OC2CCC(C(C)(C)C)C2O1. The summed E-state index contributed by atoms with van der Waals surface area (Å²) in [4.78, 5) is 0. The lowest BCUT2D eigenvalue weighted by atomic mass is 9.78. The molecule has 0 N–H and O–H groups in total. The van der Waals surface area contributed by atoms with Crippen LogP contribution in [0, 0.1) is 11.3 Å². The molecule has 0 amide bonds. The van der Waals surface area contributed by atoms with Gasteiger partial charge in [0, 0.05) is 0 Å². The third-order valence-electron chi connectivity index (χ3n) is 3.49. The summed E-state index contributed by atoms with van der Waals surface area (Å²) in [6, 6.07) is 0. The predicted molar refractivity (Wildman–Crippen MR) is 56.0 cm³/mol. The Hall–Kier alpha value is -0.0800. The van der Waals surface area contributed by atoms with Crippen LogP contribution in [0.5, 0.6) is 0 Å². The zero-order valence-electron chi connectivity index (χ0n) is 9.96. The van der Waals surface area contributed by atoms with E-state index in [1.165, 1.54) is 6.42 Å². The summed E-state index contributed by atoms with van der Waals surface area (Å²) >= 11 is 0. The Morgan fingerprint density at radius 1 is 1.07 bits per heavy atom. The van der Waals surface area contributed by atoms with Crippen LogP contribution in [-0.4, -0.2) is 18.0 Å². The van der Waals surface area contributed by atoms with Gasteiger partial charge in [-0.3, -0.25) is 0 Å². The van der Waals surface area contributed by atoms with Gasteiger partial charge in [0.15, 0.2) is 5.79 Å². The molecule has 2 nitrogen and oxygen atoms in total. The van der Waals surface area contributed by atoms with Gasteiger partial charge in [0.25, 0.3) is 0 Å². The fourth-order valence-electron chi connectivity index (χ4n) is 2.86. The van der Waals surface area contributed by atoms with Crippen LogP contribution in [0.15, 0.2) is 0 Å². The highest BCUT2D eigenvalue weighted by atomic mass is 16.8. The van der Waals surface area contributed by atoms with Crippen molar-refractivity contribution in [3.8, 4) is 0 Å². The molecule has 1 aliphatic heterocycles. The van der Waals surface area contributed by atoms with Crippen molar-refractivity contribution in [2.45, 2.75) is 65.5 Å². The Kier molecular flexibility index (Phi) is 2.20. The summed E-state index contributed by atoms with van der Waals surface area (Å²) in [5.41, 5.74) is 0.337. The molecule has 1 saturated carbocycles. The van der Waals surface area contributed by atoms with Crippen molar-refractivity contribution >= 4 is 0 Å². The molecule has 14 heavy (non-hydrogen) atoms. The number of rotatable bonds is 0. The van der Waals surface area contributed by atoms with E-state index in [9.17, 15) is 0 Å². The first kappa shape index (κ1) is 10.4. The van der Waals surface area contributed by atoms with Gasteiger partial charge in [0.2, 0.25) is 0 Å². The number of ether oxygens (including phenoxy) is 2. The maximum absolute atomic E-state index is 5.99. The van der Waals surface area contributed by atoms with Gasteiger partial charge in [-0.25, -0.2) is 0 Å². The summed E-state index contributed by atoms with van der Waals surface area (Å²) in [5, 5.41) is 0. The summed E-state index contributed by atoms with van der Waals surface area (Å²) in [7, 11) is 0. The second kappa shape index (κ2) is 2.96. The molecule has 3 atom stereocenters. The van der Waals surface area contributed by atoms with Gasteiger partial charge in [0.05, 0.1) is 12.2 Å². The molecule has 82 valence electrons. The van der Waals surface area contributed by atoms with Crippen LogP contribution in [-0.2, 0) is 9.47 Å². The molecule has 1 saturated heterocycles. The zero-order valence-corrected chi connectivity index (χ0v) is 9.96. The highest BCUT2D eigenvalue weighted by Gasteiger charge is 2.51. The molecular formula is C12H22O2. The largest absolute Gasteiger partial charge is 0.345 e. The fourth-order valence-corrected chi connectivity index (χ4v) is 2.86. The molecule has 1 heterocycles. The van der Waals surface area contributed by atoms with Crippen molar-refractivity contribution in [1.29, 1.82) is 0 Å². The molecule has 3 unspecified atom stereocenters. The third-order valence-corrected chi connectivity index (χ3v) is 3.49. The Labute approximate surface area is 87.0 Å². The number of hydrogen-bond donors (Lipinski definition) is 0. The number of fused-ring (bicyclic) bond motifs is 1. The molecule has 0 aromatic heterocycles. The maximum atomic E-state index is 5.99. The standard InChI is InChI=1S/C12H22O2/c1-11(2,3)8-6-7-9-10(8)14-12(4,5)13-9/h8-10H,6-7H2,1-5H3. The van der Waals surface area contributed by atoms with E-state index in [1.54, 1.807) is 0 Å². The van der Waals surface area contributed by atoms with Gasteiger partial charge in [-0.15, -0.1) is 0 Å². The lowest BCUT2D eigenvalue weighted by molar-refractivity contribution is -0.160. The zero-order chi connectivity index (χ0) is 10.6. The molecule has 0 aromatic rings. The normalized spacial score (nSPS) is 41.4. The quantitative estimate of drug-likeness (QED) is 0.596. The van der Waals surface area contributed by atoms with E-state index in [-0.39, 0.29) is 5.79 Å². The van der Waals surface area contributed by atoms with Crippen LogP contribution in [0.2, 0.25) is 0 Å². The first-order valence-electron chi connectivity index (χ1n) is 5.65. The fraction of sp³-hybridized carbons (Fsp3) is 1.00. The van der Waals surface area contributed by atoms with Gasteiger partial charge < -0.3 is 9.47 Å². The third kappa shape index (κ3) is 1.70. The van der Waals surface area contributed by atoms with Crippen molar-refractivity contribution in [1.82, 2.24) is 0 Å². The minimum absolute atomic E-state index is 0.324. The average molecular weight is 198 g/mol. The van der Waals surface area contributed by atoms with Crippen molar-refractivity contribution in [3.63, 3.8) is 0 Å². The minimum atomic E-state index is -0.362. The van der Waals surface area contributed by atoms with Crippen LogP contribution < -0.4 is 0 Å². The Bertz CT molecular complexity index is 227. The van der Waals surface area contributed by atoms with Crippen LogP contribution in [0.25, 0.3) is 0 Å². The molecular weight excluding hydrogens is 176 g/mol. The van der Waals surface area contributed by atoms with E-state index in [0.29, 0.717) is 23.5 Å². The Morgan fingerprint density at radius 3 is 2.29 bits per heavy atom. The summed E-state index contributed by atoms with van der Waals surface area (Å²) < 4.78 is 11.9. The van der Waals surface area contributed by atoms with E-state index in [4.69, 9.17) is 9.47 Å². The summed E-state index contributed by atoms with van der Waals surface area (Å²) in [6.07, 6.45) is 3.07. The van der Waals surface area contributed by atoms with Crippen LogP contribution in [0.1, 0.15) is 47.5 Å². The van der Waals surface area contributed by atoms with Crippen LogP contribution >= 0.6 is 0 Å². The van der Waals surface area contributed by atoms with Gasteiger partial charge in [0.1, 0.15) is 0 Å². The van der Waals surface area contributed by atoms with Crippen molar-refractivity contribution in [2.75, 3.05) is 0 Å². The van der Waals surface area contributed by atoms with Crippen molar-refractivity contribution in [3.05, 3.63) is 0 Å². The predicted octanol–water partition coefficient (Wildman–Crippen LogP) is 2.96. The Morgan fingerprint density at radius 2 is 1.71 bits per heavy atom. The molecule has 2 heteroatoms. The molecule has 0 bridgehead atoms. The van der Waals surface area contributed by atoms with E-state index in [0.717, 1.165) is 6.42 Å². The topological polar surface area (TPSA) is 18.5 Å². The highest BCUT2D eigenvalue weighted by molar-refractivity contribution is 4.96. The molecule has 0 radical (unpaired) electrons.